The van der Waals surface area contributed by atoms with Gasteiger partial charge >= 0.3 is 0 Å². The van der Waals surface area contributed by atoms with Crippen LogP contribution in [0.1, 0.15) is 5.56 Å². The van der Waals surface area contributed by atoms with Gasteiger partial charge in [-0.2, -0.15) is 4.98 Å². The van der Waals surface area contributed by atoms with E-state index in [-0.39, 0.29) is 11.6 Å². The molecule has 0 unspecified atom stereocenters. The van der Waals surface area contributed by atoms with E-state index >= 15 is 0 Å². The lowest BCUT2D eigenvalue weighted by Crippen LogP contribution is -1.85. The van der Waals surface area contributed by atoms with E-state index in [1.165, 1.54) is 6.07 Å². The van der Waals surface area contributed by atoms with Crippen LogP contribution in [0.4, 0.5) is 4.39 Å². The number of benzene rings is 2. The predicted molar refractivity (Wildman–Crippen MR) is 79.2 cm³/mol. The standard InChI is InChI=1S/C15H10BrFN2O2/c1-8-6-10(20)3-4-11(8)15-18-14(19-21-15)9-2-5-13(17)12(16)7-9/h2-7,20H,1H3. The fraction of sp³-hybridized carbons (Fsp3) is 0.0667. The Bertz CT molecular complexity index is 817. The number of aromatic nitrogens is 2. The average Bonchev–Trinajstić information content (AvgIpc) is 2.91. The van der Waals surface area contributed by atoms with E-state index in [0.29, 0.717) is 21.8 Å². The van der Waals surface area contributed by atoms with E-state index in [9.17, 15) is 9.50 Å². The molecule has 3 rings (SSSR count). The molecule has 0 amide bonds. The van der Waals surface area contributed by atoms with Gasteiger partial charge in [0.05, 0.1) is 4.47 Å². The molecule has 0 aliphatic carbocycles. The van der Waals surface area contributed by atoms with Crippen LogP contribution in [0.15, 0.2) is 45.4 Å². The zero-order valence-electron chi connectivity index (χ0n) is 11.0. The van der Waals surface area contributed by atoms with Gasteiger partial charge in [0.15, 0.2) is 0 Å². The zero-order chi connectivity index (χ0) is 15.0. The summed E-state index contributed by atoms with van der Waals surface area (Å²) in [5, 5.41) is 13.3. The van der Waals surface area contributed by atoms with E-state index in [0.717, 1.165) is 11.1 Å². The summed E-state index contributed by atoms with van der Waals surface area (Å²) in [6, 6.07) is 9.39. The number of rotatable bonds is 2. The molecule has 0 aliphatic heterocycles. The second-order valence-corrected chi connectivity index (χ2v) is 5.41. The molecular formula is C15H10BrFN2O2. The summed E-state index contributed by atoms with van der Waals surface area (Å²) in [5.41, 5.74) is 2.22. The number of halogens is 2. The lowest BCUT2D eigenvalue weighted by molar-refractivity contribution is 0.432. The van der Waals surface area contributed by atoms with Crippen LogP contribution in [-0.4, -0.2) is 15.2 Å². The maximum absolute atomic E-state index is 13.2. The molecule has 0 spiro atoms. The summed E-state index contributed by atoms with van der Waals surface area (Å²) in [7, 11) is 0. The van der Waals surface area contributed by atoms with E-state index < -0.39 is 0 Å². The minimum absolute atomic E-state index is 0.179. The molecule has 0 saturated carbocycles. The van der Waals surface area contributed by atoms with Crippen molar-refractivity contribution in [2.45, 2.75) is 6.92 Å². The monoisotopic (exact) mass is 348 g/mol. The fourth-order valence-corrected chi connectivity index (χ4v) is 2.35. The number of hydrogen-bond donors (Lipinski definition) is 1. The van der Waals surface area contributed by atoms with E-state index in [1.807, 2.05) is 6.92 Å². The summed E-state index contributed by atoms with van der Waals surface area (Å²) in [5.74, 6) is 0.552. The Labute approximate surface area is 128 Å². The van der Waals surface area contributed by atoms with Crippen LogP contribution in [0, 0.1) is 12.7 Å². The first-order valence-electron chi connectivity index (χ1n) is 6.14. The van der Waals surface area contributed by atoms with Crippen molar-refractivity contribution >= 4 is 15.9 Å². The highest BCUT2D eigenvalue weighted by molar-refractivity contribution is 9.10. The molecule has 21 heavy (non-hydrogen) atoms. The summed E-state index contributed by atoms with van der Waals surface area (Å²) in [6.45, 7) is 1.84. The Balaban J connectivity index is 2.01. The van der Waals surface area contributed by atoms with E-state index in [1.54, 1.807) is 30.3 Å². The molecule has 2 aromatic carbocycles. The molecule has 0 fully saturated rings. The van der Waals surface area contributed by atoms with Crippen molar-refractivity contribution in [1.29, 1.82) is 0 Å². The van der Waals surface area contributed by atoms with Crippen molar-refractivity contribution in [2.24, 2.45) is 0 Å². The number of phenolic OH excluding ortho intramolecular Hbond substituents is 1. The maximum atomic E-state index is 13.2. The molecule has 0 radical (unpaired) electrons. The lowest BCUT2D eigenvalue weighted by atomic mass is 10.1. The van der Waals surface area contributed by atoms with Gasteiger partial charge in [0.1, 0.15) is 11.6 Å². The molecule has 0 atom stereocenters. The van der Waals surface area contributed by atoms with Gasteiger partial charge in [0.2, 0.25) is 5.82 Å². The smallest absolute Gasteiger partial charge is 0.258 e. The topological polar surface area (TPSA) is 59.2 Å². The van der Waals surface area contributed by atoms with Gasteiger partial charge in [0.25, 0.3) is 5.89 Å². The Hall–Kier alpha value is -2.21. The third-order valence-electron chi connectivity index (χ3n) is 3.04. The molecule has 1 heterocycles. The number of nitrogens with zero attached hydrogens (tertiary/aromatic N) is 2. The zero-order valence-corrected chi connectivity index (χ0v) is 12.6. The Morgan fingerprint density at radius 3 is 2.71 bits per heavy atom. The maximum Gasteiger partial charge on any atom is 0.258 e. The number of aromatic hydroxyl groups is 1. The molecule has 0 bridgehead atoms. The summed E-state index contributed by atoms with van der Waals surface area (Å²) in [4.78, 5) is 4.31. The van der Waals surface area contributed by atoms with Crippen molar-refractivity contribution in [3.05, 3.63) is 52.3 Å². The van der Waals surface area contributed by atoms with Crippen LogP contribution in [0.2, 0.25) is 0 Å². The minimum atomic E-state index is -0.350. The fourth-order valence-electron chi connectivity index (χ4n) is 1.97. The average molecular weight is 349 g/mol. The number of phenols is 1. The van der Waals surface area contributed by atoms with E-state index in [4.69, 9.17) is 4.52 Å². The molecule has 1 aromatic heterocycles. The summed E-state index contributed by atoms with van der Waals surface area (Å²) in [6.07, 6.45) is 0. The largest absolute Gasteiger partial charge is 0.508 e. The third kappa shape index (κ3) is 2.67. The molecule has 106 valence electrons. The van der Waals surface area contributed by atoms with Crippen molar-refractivity contribution in [3.8, 4) is 28.6 Å². The summed E-state index contributed by atoms with van der Waals surface area (Å²) >= 11 is 3.13. The van der Waals surface area contributed by atoms with Gasteiger partial charge in [-0.1, -0.05) is 5.16 Å². The Morgan fingerprint density at radius 2 is 2.00 bits per heavy atom. The number of aryl methyl sites for hydroxylation is 1. The van der Waals surface area contributed by atoms with Crippen LogP contribution in [0.25, 0.3) is 22.8 Å². The molecule has 1 N–H and O–H groups in total. The van der Waals surface area contributed by atoms with Crippen molar-refractivity contribution < 1.29 is 14.0 Å². The lowest BCUT2D eigenvalue weighted by Gasteiger charge is -2.00. The Morgan fingerprint density at radius 1 is 1.19 bits per heavy atom. The highest BCUT2D eigenvalue weighted by Crippen LogP contribution is 2.28. The quantitative estimate of drug-likeness (QED) is 0.749. The molecular weight excluding hydrogens is 339 g/mol. The predicted octanol–water partition coefficient (Wildman–Crippen LogP) is 4.32. The minimum Gasteiger partial charge on any atom is -0.508 e. The van der Waals surface area contributed by atoms with Gasteiger partial charge < -0.3 is 9.63 Å². The van der Waals surface area contributed by atoms with Crippen LogP contribution >= 0.6 is 15.9 Å². The highest BCUT2D eigenvalue weighted by atomic mass is 79.9. The van der Waals surface area contributed by atoms with Gasteiger partial charge in [-0.3, -0.25) is 0 Å². The van der Waals surface area contributed by atoms with Crippen LogP contribution in [0.3, 0.4) is 0 Å². The normalized spacial score (nSPS) is 10.8. The molecule has 4 nitrogen and oxygen atoms in total. The SMILES string of the molecule is Cc1cc(O)ccc1-c1nc(-c2ccc(F)c(Br)c2)no1. The highest BCUT2D eigenvalue weighted by Gasteiger charge is 2.13. The van der Waals surface area contributed by atoms with Gasteiger partial charge in [-0.15, -0.1) is 0 Å². The number of hydrogen-bond acceptors (Lipinski definition) is 4. The molecule has 0 aliphatic rings. The van der Waals surface area contributed by atoms with E-state index in [2.05, 4.69) is 26.1 Å². The first-order chi connectivity index (χ1) is 10.0. The van der Waals surface area contributed by atoms with Crippen LogP contribution < -0.4 is 0 Å². The third-order valence-corrected chi connectivity index (χ3v) is 3.65. The second-order valence-electron chi connectivity index (χ2n) is 4.55. The van der Waals surface area contributed by atoms with Crippen molar-refractivity contribution in [2.75, 3.05) is 0 Å². The molecule has 6 heteroatoms. The van der Waals surface area contributed by atoms with Gasteiger partial charge in [-0.25, -0.2) is 4.39 Å². The Kier molecular flexibility index (Phi) is 3.47. The molecule has 3 aromatic rings. The summed E-state index contributed by atoms with van der Waals surface area (Å²) < 4.78 is 18.8. The molecule has 0 saturated heterocycles. The second kappa shape index (κ2) is 5.29. The van der Waals surface area contributed by atoms with Gasteiger partial charge in [0, 0.05) is 11.1 Å². The van der Waals surface area contributed by atoms with Crippen LogP contribution in [-0.2, 0) is 0 Å². The first-order valence-corrected chi connectivity index (χ1v) is 6.93. The van der Waals surface area contributed by atoms with Crippen molar-refractivity contribution in [3.63, 3.8) is 0 Å². The first kappa shape index (κ1) is 13.8. The van der Waals surface area contributed by atoms with Crippen molar-refractivity contribution in [1.82, 2.24) is 10.1 Å². The van der Waals surface area contributed by atoms with Gasteiger partial charge in [-0.05, 0) is 64.8 Å². The van der Waals surface area contributed by atoms with Crippen LogP contribution in [0.5, 0.6) is 5.75 Å².